The highest BCUT2D eigenvalue weighted by molar-refractivity contribution is 7.74. The number of anilines is 1. The first-order chi connectivity index (χ1) is 10.1. The largest absolute Gasteiger partial charge is 0.476 e. The molecule has 0 aliphatic rings. The zero-order valence-electron chi connectivity index (χ0n) is 11.0. The van der Waals surface area contributed by atoms with Crippen LogP contribution in [0.3, 0.4) is 0 Å². The van der Waals surface area contributed by atoms with Gasteiger partial charge in [0.05, 0.1) is 5.51 Å². The SMILES string of the molecule is O=C(O)c1ncsc1N(CCCc1ccccc1)[SH](=O)=O. The number of carboxylic acid groups (broad SMARTS) is 1. The highest BCUT2D eigenvalue weighted by atomic mass is 32.2. The average molecular weight is 326 g/mol. The summed E-state index contributed by atoms with van der Waals surface area (Å²) in [7, 11) is -2.90. The maximum atomic E-state index is 11.4. The zero-order valence-corrected chi connectivity index (χ0v) is 12.7. The number of nitrogens with zero attached hydrogens (tertiary/aromatic N) is 2. The monoisotopic (exact) mass is 326 g/mol. The van der Waals surface area contributed by atoms with Crippen LogP contribution in [0.2, 0.25) is 0 Å². The smallest absolute Gasteiger partial charge is 0.357 e. The fourth-order valence-electron chi connectivity index (χ4n) is 1.90. The Morgan fingerprint density at radius 1 is 1.29 bits per heavy atom. The van der Waals surface area contributed by atoms with Gasteiger partial charge in [-0.1, -0.05) is 30.3 Å². The minimum absolute atomic E-state index is 0.159. The molecule has 0 saturated carbocycles. The van der Waals surface area contributed by atoms with Gasteiger partial charge in [-0.05, 0) is 18.4 Å². The predicted molar refractivity (Wildman–Crippen MR) is 81.5 cm³/mol. The van der Waals surface area contributed by atoms with Crippen molar-refractivity contribution in [2.24, 2.45) is 0 Å². The van der Waals surface area contributed by atoms with Crippen LogP contribution in [0, 0.1) is 0 Å². The molecule has 112 valence electrons. The zero-order chi connectivity index (χ0) is 15.2. The molecule has 1 N–H and O–H groups in total. The number of aryl methyl sites for hydroxylation is 1. The summed E-state index contributed by atoms with van der Waals surface area (Å²) in [5.74, 6) is -1.23. The van der Waals surface area contributed by atoms with E-state index in [4.69, 9.17) is 5.11 Å². The normalized spacial score (nSPS) is 10.7. The molecule has 6 nitrogen and oxygen atoms in total. The lowest BCUT2D eigenvalue weighted by atomic mass is 10.1. The molecule has 8 heteroatoms. The van der Waals surface area contributed by atoms with E-state index in [-0.39, 0.29) is 17.2 Å². The molecule has 0 unspecified atom stereocenters. The second kappa shape index (κ2) is 7.19. The molecule has 0 atom stereocenters. The van der Waals surface area contributed by atoms with Crippen molar-refractivity contribution < 1.29 is 18.3 Å². The van der Waals surface area contributed by atoms with E-state index >= 15 is 0 Å². The third kappa shape index (κ3) is 4.02. The number of benzene rings is 1. The second-order valence-electron chi connectivity index (χ2n) is 4.26. The van der Waals surface area contributed by atoms with Gasteiger partial charge >= 0.3 is 5.97 Å². The summed E-state index contributed by atoms with van der Waals surface area (Å²) in [6.45, 7) is 0.232. The lowest BCUT2D eigenvalue weighted by Gasteiger charge is -2.15. The first kappa shape index (κ1) is 15.5. The Morgan fingerprint density at radius 2 is 2.00 bits per heavy atom. The Balaban J connectivity index is 2.06. The predicted octanol–water partition coefficient (Wildman–Crippen LogP) is 1.81. The molecule has 0 fully saturated rings. The number of aromatic nitrogens is 1. The third-order valence-corrected chi connectivity index (χ3v) is 4.64. The van der Waals surface area contributed by atoms with E-state index in [0.717, 1.165) is 27.6 Å². The fraction of sp³-hybridized carbons (Fsp3) is 0.231. The van der Waals surface area contributed by atoms with Crippen molar-refractivity contribution in [1.29, 1.82) is 0 Å². The van der Waals surface area contributed by atoms with Gasteiger partial charge in [-0.2, -0.15) is 0 Å². The minimum Gasteiger partial charge on any atom is -0.476 e. The average Bonchev–Trinajstić information content (AvgIpc) is 2.93. The molecule has 2 rings (SSSR count). The standard InChI is InChI=1S/C13H14N2O4S2/c16-13(17)11-12(20-9-14-11)15(21(18)19)8-4-7-10-5-2-1-3-6-10/h1-3,5-6,9,21H,4,7-8H2,(H,16,17). The van der Waals surface area contributed by atoms with E-state index in [1.54, 1.807) is 0 Å². The number of thiazole rings is 1. The van der Waals surface area contributed by atoms with Crippen LogP contribution in [0.5, 0.6) is 0 Å². The van der Waals surface area contributed by atoms with E-state index < -0.39 is 16.9 Å². The summed E-state index contributed by atoms with van der Waals surface area (Å²) in [6.07, 6.45) is 1.33. The van der Waals surface area contributed by atoms with E-state index in [2.05, 4.69) is 4.98 Å². The van der Waals surface area contributed by atoms with Gasteiger partial charge in [-0.3, -0.25) is 4.31 Å². The molecule has 21 heavy (non-hydrogen) atoms. The number of thiol groups is 1. The number of aromatic carboxylic acids is 1. The van der Waals surface area contributed by atoms with E-state index in [9.17, 15) is 13.2 Å². The van der Waals surface area contributed by atoms with Crippen molar-refractivity contribution in [2.45, 2.75) is 12.8 Å². The van der Waals surface area contributed by atoms with E-state index in [1.165, 1.54) is 5.51 Å². The molecule has 1 aromatic heterocycles. The fourth-order valence-corrected chi connectivity index (χ4v) is 3.52. The van der Waals surface area contributed by atoms with Gasteiger partial charge in [0.15, 0.2) is 5.69 Å². The molecule has 0 saturated heterocycles. The Morgan fingerprint density at radius 3 is 2.62 bits per heavy atom. The Labute approximate surface area is 127 Å². The molecule has 0 radical (unpaired) electrons. The van der Waals surface area contributed by atoms with Gasteiger partial charge in [0.1, 0.15) is 5.00 Å². The van der Waals surface area contributed by atoms with Crippen LogP contribution in [0.15, 0.2) is 35.8 Å². The van der Waals surface area contributed by atoms with Gasteiger partial charge in [0.25, 0.3) is 0 Å². The highest BCUT2D eigenvalue weighted by Crippen LogP contribution is 2.25. The van der Waals surface area contributed by atoms with Crippen LogP contribution in [-0.2, 0) is 17.3 Å². The van der Waals surface area contributed by atoms with Crippen LogP contribution in [-0.4, -0.2) is 31.0 Å². The molecular weight excluding hydrogens is 312 g/mol. The van der Waals surface area contributed by atoms with Crippen LogP contribution in [0.1, 0.15) is 22.5 Å². The number of carboxylic acids is 1. The van der Waals surface area contributed by atoms with Gasteiger partial charge in [0, 0.05) is 6.54 Å². The van der Waals surface area contributed by atoms with Crippen molar-refractivity contribution in [3.8, 4) is 0 Å². The molecule has 2 aromatic rings. The van der Waals surface area contributed by atoms with Gasteiger partial charge in [-0.15, -0.1) is 11.3 Å². The number of hydrogen-bond donors (Lipinski definition) is 2. The van der Waals surface area contributed by atoms with Crippen molar-refractivity contribution in [1.82, 2.24) is 4.98 Å². The summed E-state index contributed by atoms with van der Waals surface area (Å²) < 4.78 is 23.8. The van der Waals surface area contributed by atoms with E-state index in [0.29, 0.717) is 6.42 Å². The summed E-state index contributed by atoms with van der Waals surface area (Å²) in [5, 5.41) is 9.17. The van der Waals surface area contributed by atoms with Crippen molar-refractivity contribution in [2.75, 3.05) is 10.8 Å². The Kier molecular flexibility index (Phi) is 5.29. The first-order valence-electron chi connectivity index (χ1n) is 6.22. The molecule has 0 aliphatic heterocycles. The lowest BCUT2D eigenvalue weighted by Crippen LogP contribution is -2.24. The molecule has 0 amide bonds. The molecule has 1 heterocycles. The molecule has 1 aromatic carbocycles. The summed E-state index contributed by atoms with van der Waals surface area (Å²) >= 11 is 1.01. The highest BCUT2D eigenvalue weighted by Gasteiger charge is 2.20. The Bertz CT molecular complexity index is 674. The van der Waals surface area contributed by atoms with Gasteiger partial charge in [0.2, 0.25) is 10.9 Å². The molecule has 0 bridgehead atoms. The van der Waals surface area contributed by atoms with E-state index in [1.807, 2.05) is 30.3 Å². The maximum Gasteiger partial charge on any atom is 0.357 e. The number of hydrogen-bond acceptors (Lipinski definition) is 5. The summed E-state index contributed by atoms with van der Waals surface area (Å²) in [6, 6.07) is 9.70. The third-order valence-electron chi connectivity index (χ3n) is 2.86. The van der Waals surface area contributed by atoms with Crippen LogP contribution in [0.25, 0.3) is 0 Å². The summed E-state index contributed by atoms with van der Waals surface area (Å²) in [5.41, 5.74) is 2.22. The topological polar surface area (TPSA) is 87.6 Å². The molecular formula is C13H14N2O4S2. The lowest BCUT2D eigenvalue weighted by molar-refractivity contribution is 0.0692. The van der Waals surface area contributed by atoms with Crippen LogP contribution in [0.4, 0.5) is 5.00 Å². The first-order valence-corrected chi connectivity index (χ1v) is 8.23. The Hall–Kier alpha value is -1.93. The number of carbonyl (C=O) groups is 1. The minimum atomic E-state index is -2.90. The van der Waals surface area contributed by atoms with Gasteiger partial charge in [-0.25, -0.2) is 18.2 Å². The maximum absolute atomic E-state index is 11.4. The van der Waals surface area contributed by atoms with Crippen molar-refractivity contribution in [3.05, 3.63) is 47.1 Å². The molecule has 0 aliphatic carbocycles. The van der Waals surface area contributed by atoms with Gasteiger partial charge < -0.3 is 5.11 Å². The van der Waals surface area contributed by atoms with Crippen LogP contribution < -0.4 is 4.31 Å². The quantitative estimate of drug-likeness (QED) is 0.758. The second-order valence-corrected chi connectivity index (χ2v) is 6.05. The number of rotatable bonds is 7. The molecule has 0 spiro atoms. The summed E-state index contributed by atoms with van der Waals surface area (Å²) in [4.78, 5) is 14.7. The van der Waals surface area contributed by atoms with Crippen LogP contribution >= 0.6 is 11.3 Å². The van der Waals surface area contributed by atoms with Crippen molar-refractivity contribution in [3.63, 3.8) is 0 Å². The van der Waals surface area contributed by atoms with Crippen molar-refractivity contribution >= 4 is 33.2 Å².